The maximum atomic E-state index is 3.63. The van der Waals surface area contributed by atoms with Gasteiger partial charge in [-0.2, -0.15) is 0 Å². The average Bonchev–Trinajstić information content (AvgIpc) is 2.38. The summed E-state index contributed by atoms with van der Waals surface area (Å²) in [6.45, 7) is 0. The first kappa shape index (κ1) is 10.7. The molecule has 4 saturated carbocycles. The zero-order chi connectivity index (χ0) is 11.9. The van der Waals surface area contributed by atoms with E-state index in [2.05, 4.69) is 42.2 Å². The highest BCUT2D eigenvalue weighted by molar-refractivity contribution is 5.34. The Morgan fingerprint density at radius 3 is 2.00 bits per heavy atom. The molecule has 0 aromatic heterocycles. The molecule has 92 valence electrons. The number of hydrogen-bond donors (Lipinski definition) is 0. The summed E-state index contributed by atoms with van der Waals surface area (Å²) in [5.41, 5.74) is 1.19. The lowest BCUT2D eigenvalue weighted by molar-refractivity contribution is -0.0122. The molecule has 0 N–H and O–H groups in total. The van der Waals surface area contributed by atoms with Gasteiger partial charge in [-0.05, 0) is 67.9 Å². The van der Waals surface area contributed by atoms with E-state index in [1.54, 1.807) is 0 Å². The molecule has 1 aromatic rings. The van der Waals surface area contributed by atoms with Crippen LogP contribution in [0, 0.1) is 41.4 Å². The Balaban J connectivity index is 1.58. The Kier molecular flexibility index (Phi) is 2.47. The molecule has 0 amide bonds. The van der Waals surface area contributed by atoms with Gasteiger partial charge >= 0.3 is 0 Å². The van der Waals surface area contributed by atoms with Gasteiger partial charge in [0, 0.05) is 11.5 Å². The second-order valence-electron chi connectivity index (χ2n) is 6.59. The van der Waals surface area contributed by atoms with Crippen LogP contribution in [0.3, 0.4) is 0 Å². The Hall–Kier alpha value is -1.22. The number of benzene rings is 1. The van der Waals surface area contributed by atoms with Crippen molar-refractivity contribution in [2.24, 2.45) is 29.6 Å². The number of hydrogen-bond acceptors (Lipinski definition) is 0. The van der Waals surface area contributed by atoms with Gasteiger partial charge in [0.25, 0.3) is 0 Å². The Morgan fingerprint density at radius 2 is 1.39 bits per heavy atom. The molecule has 0 radical (unpaired) electrons. The van der Waals surface area contributed by atoms with Crippen LogP contribution in [0.2, 0.25) is 0 Å². The summed E-state index contributed by atoms with van der Waals surface area (Å²) < 4.78 is 0. The molecule has 0 saturated heterocycles. The monoisotopic (exact) mass is 236 g/mol. The molecule has 0 nitrogen and oxygen atoms in total. The smallest absolute Gasteiger partial charge is 0.0263 e. The topological polar surface area (TPSA) is 0 Å². The third-order valence-electron chi connectivity index (χ3n) is 5.38. The second kappa shape index (κ2) is 4.16. The highest BCUT2D eigenvalue weighted by Crippen LogP contribution is 2.56. The molecule has 4 fully saturated rings. The van der Waals surface area contributed by atoms with Crippen LogP contribution in [-0.2, 0) is 0 Å². The van der Waals surface area contributed by atoms with Crippen molar-refractivity contribution in [3.8, 4) is 11.8 Å². The fourth-order valence-electron chi connectivity index (χ4n) is 4.85. The summed E-state index contributed by atoms with van der Waals surface area (Å²) >= 11 is 0. The van der Waals surface area contributed by atoms with Gasteiger partial charge in [-0.1, -0.05) is 30.0 Å². The van der Waals surface area contributed by atoms with Crippen LogP contribution in [-0.4, -0.2) is 0 Å². The molecular formula is C18H20. The fourth-order valence-corrected chi connectivity index (χ4v) is 4.85. The third kappa shape index (κ3) is 1.77. The molecule has 4 aliphatic rings. The van der Waals surface area contributed by atoms with Crippen LogP contribution < -0.4 is 0 Å². The second-order valence-corrected chi connectivity index (χ2v) is 6.59. The van der Waals surface area contributed by atoms with Crippen LogP contribution in [0.4, 0.5) is 0 Å². The third-order valence-corrected chi connectivity index (χ3v) is 5.38. The quantitative estimate of drug-likeness (QED) is 0.595. The minimum atomic E-state index is 0.706. The van der Waals surface area contributed by atoms with E-state index in [0.29, 0.717) is 5.92 Å². The zero-order valence-electron chi connectivity index (χ0n) is 10.8. The zero-order valence-corrected chi connectivity index (χ0v) is 10.8. The molecule has 0 atom stereocenters. The summed E-state index contributed by atoms with van der Waals surface area (Å²) in [5, 5.41) is 0. The van der Waals surface area contributed by atoms with Crippen LogP contribution in [0.15, 0.2) is 30.3 Å². The van der Waals surface area contributed by atoms with E-state index in [4.69, 9.17) is 0 Å². The first-order chi connectivity index (χ1) is 8.88. The Labute approximate surface area is 110 Å². The molecule has 0 aliphatic heterocycles. The Morgan fingerprint density at radius 1 is 0.778 bits per heavy atom. The van der Waals surface area contributed by atoms with E-state index < -0.39 is 0 Å². The molecule has 4 aliphatic carbocycles. The average molecular weight is 236 g/mol. The van der Waals surface area contributed by atoms with E-state index in [0.717, 1.165) is 23.7 Å². The van der Waals surface area contributed by atoms with Gasteiger partial charge in [-0.25, -0.2) is 0 Å². The van der Waals surface area contributed by atoms with Crippen LogP contribution in [0.1, 0.15) is 37.7 Å². The normalized spacial score (nSPS) is 40.3. The van der Waals surface area contributed by atoms with Gasteiger partial charge in [-0.15, -0.1) is 0 Å². The van der Waals surface area contributed by atoms with Crippen molar-refractivity contribution in [3.05, 3.63) is 35.9 Å². The molecule has 4 bridgehead atoms. The minimum Gasteiger partial charge on any atom is -0.0939 e. The summed E-state index contributed by atoms with van der Waals surface area (Å²) in [6.07, 6.45) is 7.43. The lowest BCUT2D eigenvalue weighted by atomic mass is 9.52. The van der Waals surface area contributed by atoms with Gasteiger partial charge in [0.1, 0.15) is 0 Å². The first-order valence-electron chi connectivity index (χ1n) is 7.45. The van der Waals surface area contributed by atoms with Gasteiger partial charge < -0.3 is 0 Å². The standard InChI is InChI=1S/C18H20/c1-2-4-13(5-3-1)6-7-18-16-9-14-8-15(11-16)12-17(18)10-14/h1-5,14-18H,8-12H2. The lowest BCUT2D eigenvalue weighted by Crippen LogP contribution is -2.44. The predicted octanol–water partition coefficient (Wildman–Crippen LogP) is 4.11. The van der Waals surface area contributed by atoms with Crippen molar-refractivity contribution < 1.29 is 0 Å². The molecule has 0 heterocycles. The van der Waals surface area contributed by atoms with E-state index in [1.165, 1.54) is 37.7 Å². The molecule has 0 unspecified atom stereocenters. The Bertz CT molecular complexity index is 460. The predicted molar refractivity (Wildman–Crippen MR) is 73.9 cm³/mol. The molecule has 18 heavy (non-hydrogen) atoms. The number of rotatable bonds is 0. The fraction of sp³-hybridized carbons (Fsp3) is 0.556. The van der Waals surface area contributed by atoms with Crippen LogP contribution >= 0.6 is 0 Å². The molecule has 0 spiro atoms. The van der Waals surface area contributed by atoms with E-state index >= 15 is 0 Å². The summed E-state index contributed by atoms with van der Waals surface area (Å²) in [7, 11) is 0. The van der Waals surface area contributed by atoms with Crippen LogP contribution in [0.5, 0.6) is 0 Å². The SMILES string of the molecule is C(#CC1C2CC3CC(C2)CC1C3)c1ccccc1. The van der Waals surface area contributed by atoms with Crippen molar-refractivity contribution in [1.29, 1.82) is 0 Å². The largest absolute Gasteiger partial charge is 0.0939 e. The maximum absolute atomic E-state index is 3.63. The van der Waals surface area contributed by atoms with Crippen LogP contribution in [0.25, 0.3) is 0 Å². The first-order valence-corrected chi connectivity index (χ1v) is 7.45. The summed E-state index contributed by atoms with van der Waals surface area (Å²) in [6, 6.07) is 10.5. The van der Waals surface area contributed by atoms with Gasteiger partial charge in [0.2, 0.25) is 0 Å². The molecular weight excluding hydrogens is 216 g/mol. The van der Waals surface area contributed by atoms with Gasteiger partial charge in [-0.3, -0.25) is 0 Å². The molecule has 5 rings (SSSR count). The van der Waals surface area contributed by atoms with Gasteiger partial charge in [0.15, 0.2) is 0 Å². The highest BCUT2D eigenvalue weighted by atomic mass is 14.5. The van der Waals surface area contributed by atoms with E-state index in [9.17, 15) is 0 Å². The lowest BCUT2D eigenvalue weighted by Gasteiger charge is -2.52. The highest BCUT2D eigenvalue weighted by Gasteiger charge is 2.47. The van der Waals surface area contributed by atoms with E-state index in [-0.39, 0.29) is 0 Å². The van der Waals surface area contributed by atoms with Crippen molar-refractivity contribution in [2.45, 2.75) is 32.1 Å². The van der Waals surface area contributed by atoms with Crippen molar-refractivity contribution in [1.82, 2.24) is 0 Å². The summed E-state index contributed by atoms with van der Waals surface area (Å²) in [4.78, 5) is 0. The summed E-state index contributed by atoms with van der Waals surface area (Å²) in [5.74, 6) is 11.7. The minimum absolute atomic E-state index is 0.706. The molecule has 1 aromatic carbocycles. The van der Waals surface area contributed by atoms with E-state index in [1.807, 2.05) is 0 Å². The maximum Gasteiger partial charge on any atom is 0.0263 e. The van der Waals surface area contributed by atoms with Crippen molar-refractivity contribution >= 4 is 0 Å². The van der Waals surface area contributed by atoms with Crippen molar-refractivity contribution in [3.63, 3.8) is 0 Å². The van der Waals surface area contributed by atoms with Crippen molar-refractivity contribution in [2.75, 3.05) is 0 Å². The molecule has 0 heteroatoms. The van der Waals surface area contributed by atoms with Gasteiger partial charge in [0.05, 0.1) is 0 Å².